The Bertz CT molecular complexity index is 1170. The van der Waals surface area contributed by atoms with Crippen LogP contribution >= 0.6 is 0 Å². The molecule has 3 aromatic rings. The van der Waals surface area contributed by atoms with Crippen LogP contribution in [0.15, 0.2) is 60.9 Å². The van der Waals surface area contributed by atoms with Gasteiger partial charge in [0.25, 0.3) is 0 Å². The van der Waals surface area contributed by atoms with E-state index in [9.17, 15) is 4.79 Å². The van der Waals surface area contributed by atoms with Crippen molar-refractivity contribution >= 4 is 16.8 Å². The van der Waals surface area contributed by atoms with E-state index in [1.807, 2.05) is 36.7 Å². The normalized spacial score (nSPS) is 29.8. The van der Waals surface area contributed by atoms with Crippen molar-refractivity contribution in [1.29, 1.82) is 0 Å². The number of carbonyl (C=O) groups is 1. The largest absolute Gasteiger partial charge is 0.327 e. The Morgan fingerprint density at radius 1 is 1.00 bits per heavy atom. The fraction of sp³-hybridized carbons (Fsp3) is 0.444. The van der Waals surface area contributed by atoms with Gasteiger partial charge in [0.15, 0.2) is 0 Å². The SMILES string of the molecule is O=C1NC(N2CCCC2c2ccncc2)NC(N[C@@H]2CCCNC2)C1c1ccc2ccccc2n1. The second kappa shape index (κ2) is 9.99. The zero-order valence-electron chi connectivity index (χ0n) is 19.9. The molecule has 3 aliphatic heterocycles. The van der Waals surface area contributed by atoms with Gasteiger partial charge in [-0.3, -0.25) is 30.3 Å². The lowest BCUT2D eigenvalue weighted by molar-refractivity contribution is -0.130. The quantitative estimate of drug-likeness (QED) is 0.453. The molecular formula is C27H33N7O. The highest BCUT2D eigenvalue weighted by Crippen LogP contribution is 2.34. The van der Waals surface area contributed by atoms with Crippen molar-refractivity contribution in [3.63, 3.8) is 0 Å². The van der Waals surface area contributed by atoms with E-state index < -0.39 is 5.92 Å². The first-order valence-corrected chi connectivity index (χ1v) is 12.8. The Hall–Kier alpha value is -2.91. The summed E-state index contributed by atoms with van der Waals surface area (Å²) < 4.78 is 0. The molecule has 0 saturated carbocycles. The van der Waals surface area contributed by atoms with Gasteiger partial charge < -0.3 is 10.6 Å². The zero-order chi connectivity index (χ0) is 23.6. The molecule has 8 heteroatoms. The van der Waals surface area contributed by atoms with Crippen molar-refractivity contribution in [2.24, 2.45) is 0 Å². The molecule has 0 radical (unpaired) electrons. The highest BCUT2D eigenvalue weighted by Gasteiger charge is 2.43. The highest BCUT2D eigenvalue weighted by molar-refractivity contribution is 5.86. The third-order valence-electron chi connectivity index (χ3n) is 7.60. The number of piperidine rings is 1. The second-order valence-corrected chi connectivity index (χ2v) is 9.85. The van der Waals surface area contributed by atoms with E-state index in [-0.39, 0.29) is 24.4 Å². The number of fused-ring (bicyclic) bond motifs is 1. The number of nitrogens with zero attached hydrogens (tertiary/aromatic N) is 3. The van der Waals surface area contributed by atoms with Crippen molar-refractivity contribution in [2.75, 3.05) is 19.6 Å². The number of aromatic nitrogens is 2. The minimum Gasteiger partial charge on any atom is -0.327 e. The van der Waals surface area contributed by atoms with Crippen LogP contribution in [0.4, 0.5) is 0 Å². The zero-order valence-corrected chi connectivity index (χ0v) is 19.9. The molecule has 0 aliphatic carbocycles. The van der Waals surface area contributed by atoms with Gasteiger partial charge in [0, 0.05) is 43.0 Å². The summed E-state index contributed by atoms with van der Waals surface area (Å²) in [6.45, 7) is 2.89. The monoisotopic (exact) mass is 471 g/mol. The first-order valence-electron chi connectivity index (χ1n) is 12.8. The molecule has 3 aliphatic rings. The standard InChI is InChI=1S/C27H33N7O/c35-26-24(22-10-9-18-5-1-2-7-21(18)31-22)25(30-20-6-3-13-29-17-20)32-27(33-26)34-16-4-8-23(34)19-11-14-28-15-12-19/h1-2,5,7,9-12,14-15,20,23-25,27,29-30,32H,3-4,6,8,13,16-17H2,(H,33,35)/t20-,23?,24?,25?,27?/m1/s1. The molecule has 35 heavy (non-hydrogen) atoms. The van der Waals surface area contributed by atoms with Gasteiger partial charge in [-0.2, -0.15) is 0 Å². The predicted octanol–water partition coefficient (Wildman–Crippen LogP) is 2.22. The molecule has 182 valence electrons. The van der Waals surface area contributed by atoms with Crippen LogP contribution < -0.4 is 21.3 Å². The molecule has 0 bridgehead atoms. The molecule has 1 amide bonds. The first-order chi connectivity index (χ1) is 17.3. The fourth-order valence-electron chi connectivity index (χ4n) is 5.86. The molecule has 5 heterocycles. The summed E-state index contributed by atoms with van der Waals surface area (Å²) in [5.74, 6) is -0.405. The Morgan fingerprint density at radius 2 is 1.89 bits per heavy atom. The van der Waals surface area contributed by atoms with E-state index in [0.29, 0.717) is 6.04 Å². The Labute approximate surface area is 205 Å². The van der Waals surface area contributed by atoms with E-state index in [4.69, 9.17) is 4.98 Å². The van der Waals surface area contributed by atoms with E-state index >= 15 is 0 Å². The van der Waals surface area contributed by atoms with Crippen molar-refractivity contribution in [1.82, 2.24) is 36.1 Å². The van der Waals surface area contributed by atoms with Gasteiger partial charge in [0.1, 0.15) is 12.2 Å². The Kier molecular flexibility index (Phi) is 6.43. The van der Waals surface area contributed by atoms with Gasteiger partial charge in [-0.05, 0) is 62.1 Å². The minimum absolute atomic E-state index is 0.0122. The van der Waals surface area contributed by atoms with Gasteiger partial charge in [-0.1, -0.05) is 24.3 Å². The highest BCUT2D eigenvalue weighted by atomic mass is 16.2. The molecule has 1 aromatic carbocycles. The molecule has 2 aromatic heterocycles. The summed E-state index contributed by atoms with van der Waals surface area (Å²) >= 11 is 0. The van der Waals surface area contributed by atoms with Crippen LogP contribution in [0.25, 0.3) is 10.9 Å². The first kappa shape index (κ1) is 22.5. The molecule has 4 N–H and O–H groups in total. The number of amides is 1. The van der Waals surface area contributed by atoms with Crippen molar-refractivity contribution in [3.05, 3.63) is 72.2 Å². The van der Waals surface area contributed by atoms with E-state index in [1.54, 1.807) is 0 Å². The van der Waals surface area contributed by atoms with E-state index in [0.717, 1.165) is 61.9 Å². The van der Waals surface area contributed by atoms with Gasteiger partial charge in [-0.25, -0.2) is 0 Å². The third kappa shape index (κ3) is 4.67. The van der Waals surface area contributed by atoms with Gasteiger partial charge in [0.05, 0.1) is 17.4 Å². The topological polar surface area (TPSA) is 94.2 Å². The maximum atomic E-state index is 13.7. The maximum absolute atomic E-state index is 13.7. The van der Waals surface area contributed by atoms with Crippen LogP contribution in [0.2, 0.25) is 0 Å². The summed E-state index contributed by atoms with van der Waals surface area (Å²) in [7, 11) is 0. The van der Waals surface area contributed by atoms with Crippen molar-refractivity contribution in [2.45, 2.75) is 56.1 Å². The molecule has 8 nitrogen and oxygen atoms in total. The predicted molar refractivity (Wildman–Crippen MR) is 135 cm³/mol. The van der Waals surface area contributed by atoms with E-state index in [1.165, 1.54) is 5.56 Å². The van der Waals surface area contributed by atoms with Crippen LogP contribution in [-0.2, 0) is 4.79 Å². The number of rotatable bonds is 5. The average Bonchev–Trinajstić information content (AvgIpc) is 3.40. The third-order valence-corrected chi connectivity index (χ3v) is 7.60. The number of pyridine rings is 2. The molecular weight excluding hydrogens is 438 g/mol. The number of hydrogen-bond acceptors (Lipinski definition) is 7. The molecule has 5 atom stereocenters. The molecule has 3 fully saturated rings. The molecule has 3 saturated heterocycles. The summed E-state index contributed by atoms with van der Waals surface area (Å²) in [5, 5.41) is 15.4. The minimum atomic E-state index is -0.417. The lowest BCUT2D eigenvalue weighted by atomic mass is 9.95. The van der Waals surface area contributed by atoms with Crippen LogP contribution in [0, 0.1) is 0 Å². The van der Waals surface area contributed by atoms with Crippen LogP contribution in [-0.4, -0.2) is 58.9 Å². The van der Waals surface area contributed by atoms with Crippen molar-refractivity contribution < 1.29 is 4.79 Å². The molecule has 6 rings (SSSR count). The Balaban J connectivity index is 1.29. The van der Waals surface area contributed by atoms with E-state index in [2.05, 4.69) is 55.4 Å². The van der Waals surface area contributed by atoms with Gasteiger partial charge in [0.2, 0.25) is 5.91 Å². The fourth-order valence-corrected chi connectivity index (χ4v) is 5.86. The van der Waals surface area contributed by atoms with Crippen LogP contribution in [0.5, 0.6) is 0 Å². The van der Waals surface area contributed by atoms with Crippen LogP contribution in [0.1, 0.15) is 48.9 Å². The summed E-state index contributed by atoms with van der Waals surface area (Å²) in [6.07, 6.45) is 7.63. The number of hydrogen-bond donors (Lipinski definition) is 4. The Morgan fingerprint density at radius 3 is 2.74 bits per heavy atom. The molecule has 4 unspecified atom stereocenters. The number of likely N-dealkylation sites (tertiary alicyclic amines) is 1. The lowest BCUT2D eigenvalue weighted by Gasteiger charge is -2.44. The molecule has 0 spiro atoms. The smallest absolute Gasteiger partial charge is 0.234 e. The van der Waals surface area contributed by atoms with Crippen molar-refractivity contribution in [3.8, 4) is 0 Å². The number of carbonyl (C=O) groups excluding carboxylic acids is 1. The summed E-state index contributed by atoms with van der Waals surface area (Å²) in [4.78, 5) is 25.2. The summed E-state index contributed by atoms with van der Waals surface area (Å²) in [5.41, 5.74) is 2.95. The van der Waals surface area contributed by atoms with Gasteiger partial charge >= 0.3 is 0 Å². The number of para-hydroxylation sites is 1. The maximum Gasteiger partial charge on any atom is 0.234 e. The number of benzene rings is 1. The van der Waals surface area contributed by atoms with Gasteiger partial charge in [-0.15, -0.1) is 0 Å². The number of nitrogens with one attached hydrogen (secondary N) is 4. The summed E-state index contributed by atoms with van der Waals surface area (Å²) in [6, 6.07) is 16.9. The second-order valence-electron chi connectivity index (χ2n) is 9.85. The lowest BCUT2D eigenvalue weighted by Crippen LogP contribution is -2.70. The van der Waals surface area contributed by atoms with Crippen LogP contribution in [0.3, 0.4) is 0 Å². The average molecular weight is 472 g/mol.